The number of hydrogen-bond donors (Lipinski definition) is 2. The van der Waals surface area contributed by atoms with Gasteiger partial charge in [0, 0.05) is 24.1 Å². The zero-order valence-electron chi connectivity index (χ0n) is 12.7. The first-order chi connectivity index (χ1) is 10.7. The smallest absolute Gasteiger partial charge is 0.227 e. The molecular weight excluding hydrogens is 278 g/mol. The molecule has 0 bridgehead atoms. The quantitative estimate of drug-likeness (QED) is 0.909. The van der Waals surface area contributed by atoms with Crippen molar-refractivity contribution >= 4 is 11.6 Å². The lowest BCUT2D eigenvalue weighted by Gasteiger charge is -2.17. The van der Waals surface area contributed by atoms with Crippen molar-refractivity contribution in [1.82, 2.24) is 4.98 Å². The third-order valence-corrected chi connectivity index (χ3v) is 4.36. The summed E-state index contributed by atoms with van der Waals surface area (Å²) in [4.78, 5) is 16.4. The normalized spacial score (nSPS) is 21.0. The molecule has 1 fully saturated rings. The summed E-state index contributed by atoms with van der Waals surface area (Å²) in [5.41, 5.74) is 7.49. The number of benzene rings is 1. The van der Waals surface area contributed by atoms with E-state index >= 15 is 0 Å². The van der Waals surface area contributed by atoms with E-state index in [2.05, 4.69) is 10.3 Å². The molecule has 5 heteroatoms. The number of oxazole rings is 1. The number of rotatable bonds is 4. The molecule has 5 nitrogen and oxygen atoms in total. The van der Waals surface area contributed by atoms with Crippen LogP contribution in [0.4, 0.5) is 5.69 Å². The highest BCUT2D eigenvalue weighted by molar-refractivity contribution is 5.93. The molecule has 1 amide bonds. The number of anilines is 1. The fourth-order valence-corrected chi connectivity index (χ4v) is 3.11. The van der Waals surface area contributed by atoms with Crippen LogP contribution in [0.25, 0.3) is 11.3 Å². The van der Waals surface area contributed by atoms with Crippen molar-refractivity contribution in [2.75, 3.05) is 11.9 Å². The van der Waals surface area contributed by atoms with E-state index in [9.17, 15) is 4.79 Å². The Balaban J connectivity index is 1.67. The number of carbonyl (C=O) groups is 1. The second kappa shape index (κ2) is 6.32. The van der Waals surface area contributed by atoms with Crippen LogP contribution >= 0.6 is 0 Å². The van der Waals surface area contributed by atoms with Gasteiger partial charge in [-0.25, -0.2) is 4.98 Å². The lowest BCUT2D eigenvalue weighted by atomic mass is 9.95. The molecule has 0 unspecified atom stereocenters. The highest BCUT2D eigenvalue weighted by Gasteiger charge is 2.31. The first kappa shape index (κ1) is 14.8. The van der Waals surface area contributed by atoms with Gasteiger partial charge in [-0.2, -0.15) is 0 Å². The van der Waals surface area contributed by atoms with E-state index in [0.29, 0.717) is 18.4 Å². The summed E-state index contributed by atoms with van der Waals surface area (Å²) < 4.78 is 5.49. The number of amides is 1. The summed E-state index contributed by atoms with van der Waals surface area (Å²) in [6.45, 7) is 2.40. The van der Waals surface area contributed by atoms with Gasteiger partial charge in [0.2, 0.25) is 5.91 Å². The maximum atomic E-state index is 12.3. The third kappa shape index (κ3) is 3.04. The third-order valence-electron chi connectivity index (χ3n) is 4.36. The van der Waals surface area contributed by atoms with Crippen LogP contribution in [0.3, 0.4) is 0 Å². The summed E-state index contributed by atoms with van der Waals surface area (Å²) in [6, 6.07) is 7.62. The molecule has 1 aromatic carbocycles. The monoisotopic (exact) mass is 299 g/mol. The minimum atomic E-state index is 0.0431. The Hall–Kier alpha value is -2.14. The van der Waals surface area contributed by atoms with Gasteiger partial charge in [0.15, 0.2) is 11.7 Å². The zero-order valence-corrected chi connectivity index (χ0v) is 12.7. The highest BCUT2D eigenvalue weighted by Crippen LogP contribution is 2.32. The molecule has 3 rings (SSSR count). The first-order valence-corrected chi connectivity index (χ1v) is 7.71. The summed E-state index contributed by atoms with van der Waals surface area (Å²) in [6.07, 6.45) is 4.78. The van der Waals surface area contributed by atoms with Gasteiger partial charge in [0.25, 0.3) is 0 Å². The molecule has 1 aliphatic rings. The lowest BCUT2D eigenvalue weighted by molar-refractivity contribution is -0.120. The second-order valence-corrected chi connectivity index (χ2v) is 5.84. The fourth-order valence-electron chi connectivity index (χ4n) is 3.11. The van der Waals surface area contributed by atoms with Crippen LogP contribution in [0.5, 0.6) is 0 Å². The van der Waals surface area contributed by atoms with Crippen LogP contribution in [-0.2, 0) is 4.79 Å². The van der Waals surface area contributed by atoms with Crippen LogP contribution < -0.4 is 11.1 Å². The number of nitrogens with zero attached hydrogens (tertiary/aromatic N) is 1. The highest BCUT2D eigenvalue weighted by atomic mass is 16.4. The van der Waals surface area contributed by atoms with Gasteiger partial charge < -0.3 is 15.5 Å². The van der Waals surface area contributed by atoms with Gasteiger partial charge in [-0.05, 0) is 49.6 Å². The molecule has 0 radical (unpaired) electrons. The van der Waals surface area contributed by atoms with E-state index in [1.807, 2.05) is 31.2 Å². The van der Waals surface area contributed by atoms with E-state index in [0.717, 1.165) is 36.3 Å². The molecule has 0 aliphatic heterocycles. The van der Waals surface area contributed by atoms with E-state index < -0.39 is 0 Å². The topological polar surface area (TPSA) is 81.2 Å². The molecule has 1 aromatic heterocycles. The predicted octanol–water partition coefficient (Wildman–Crippen LogP) is 2.96. The minimum Gasteiger partial charge on any atom is -0.441 e. The Morgan fingerprint density at radius 1 is 1.36 bits per heavy atom. The van der Waals surface area contributed by atoms with Crippen molar-refractivity contribution in [3.63, 3.8) is 0 Å². The van der Waals surface area contributed by atoms with Crippen LogP contribution in [0, 0.1) is 18.8 Å². The number of carbonyl (C=O) groups excluding carboxylic acids is 1. The Bertz CT molecular complexity index is 648. The maximum absolute atomic E-state index is 12.3. The van der Waals surface area contributed by atoms with Gasteiger partial charge in [0.05, 0.1) is 6.20 Å². The molecule has 0 spiro atoms. The maximum Gasteiger partial charge on any atom is 0.227 e. The minimum absolute atomic E-state index is 0.0431. The number of aromatic nitrogens is 1. The van der Waals surface area contributed by atoms with E-state index in [-0.39, 0.29) is 11.8 Å². The Morgan fingerprint density at radius 3 is 2.77 bits per heavy atom. The van der Waals surface area contributed by atoms with Crippen LogP contribution in [0.2, 0.25) is 0 Å². The van der Waals surface area contributed by atoms with Gasteiger partial charge in [-0.3, -0.25) is 4.79 Å². The predicted molar refractivity (Wildman–Crippen MR) is 85.2 cm³/mol. The molecular formula is C17H21N3O2. The Kier molecular flexibility index (Phi) is 4.24. The van der Waals surface area contributed by atoms with Crippen molar-refractivity contribution in [3.05, 3.63) is 36.4 Å². The van der Waals surface area contributed by atoms with E-state index in [1.54, 1.807) is 6.20 Å². The summed E-state index contributed by atoms with van der Waals surface area (Å²) >= 11 is 0. The molecule has 116 valence electrons. The largest absolute Gasteiger partial charge is 0.441 e. The molecule has 1 saturated carbocycles. The lowest BCUT2D eigenvalue weighted by Crippen LogP contribution is -2.29. The number of nitrogens with two attached hydrogens (primary N) is 1. The summed E-state index contributed by atoms with van der Waals surface area (Å²) in [5.74, 6) is 1.81. The van der Waals surface area contributed by atoms with E-state index in [1.165, 1.54) is 0 Å². The first-order valence-electron chi connectivity index (χ1n) is 7.71. The molecule has 22 heavy (non-hydrogen) atoms. The van der Waals surface area contributed by atoms with Crippen LogP contribution in [0.15, 0.2) is 34.9 Å². The second-order valence-electron chi connectivity index (χ2n) is 5.84. The average Bonchev–Trinajstić information content (AvgIpc) is 3.16. The van der Waals surface area contributed by atoms with Crippen molar-refractivity contribution < 1.29 is 9.21 Å². The van der Waals surface area contributed by atoms with Crippen molar-refractivity contribution in [2.24, 2.45) is 17.6 Å². The number of aryl methyl sites for hydroxylation is 1. The Morgan fingerprint density at radius 2 is 2.14 bits per heavy atom. The summed E-state index contributed by atoms with van der Waals surface area (Å²) in [7, 11) is 0. The molecule has 1 heterocycles. The van der Waals surface area contributed by atoms with Gasteiger partial charge in [0.1, 0.15) is 0 Å². The fraction of sp³-hybridized carbons (Fsp3) is 0.412. The van der Waals surface area contributed by atoms with E-state index in [4.69, 9.17) is 10.2 Å². The van der Waals surface area contributed by atoms with Crippen molar-refractivity contribution in [3.8, 4) is 11.3 Å². The SMILES string of the molecule is Cc1ncc(-c2ccc(NC(=O)[C@@H]3CCC[C@@H]3CN)cc2)o1. The molecule has 2 aromatic rings. The molecule has 1 aliphatic carbocycles. The van der Waals surface area contributed by atoms with Gasteiger partial charge in [-0.1, -0.05) is 6.42 Å². The van der Waals surface area contributed by atoms with Crippen molar-refractivity contribution in [1.29, 1.82) is 0 Å². The number of nitrogens with one attached hydrogen (secondary N) is 1. The Labute approximate surface area is 129 Å². The molecule has 0 saturated heterocycles. The molecule has 2 atom stereocenters. The van der Waals surface area contributed by atoms with Crippen LogP contribution in [-0.4, -0.2) is 17.4 Å². The van der Waals surface area contributed by atoms with Crippen molar-refractivity contribution in [2.45, 2.75) is 26.2 Å². The summed E-state index contributed by atoms with van der Waals surface area (Å²) in [5, 5.41) is 2.99. The van der Waals surface area contributed by atoms with Gasteiger partial charge in [-0.15, -0.1) is 0 Å². The average molecular weight is 299 g/mol. The molecule has 3 N–H and O–H groups in total. The zero-order chi connectivity index (χ0) is 15.5. The standard InChI is InChI=1S/C17H21N3O2/c1-11-19-10-16(22-11)12-5-7-14(8-6-12)20-17(21)15-4-2-3-13(15)9-18/h5-8,10,13,15H,2-4,9,18H2,1H3,(H,20,21)/t13-,15-/m1/s1. The van der Waals surface area contributed by atoms with Crippen LogP contribution in [0.1, 0.15) is 25.2 Å². The number of hydrogen-bond acceptors (Lipinski definition) is 4. The van der Waals surface area contributed by atoms with Gasteiger partial charge >= 0.3 is 0 Å².